The molecule has 2 aromatic carbocycles. The van der Waals surface area contributed by atoms with Gasteiger partial charge in [0.25, 0.3) is 0 Å². The van der Waals surface area contributed by atoms with Gasteiger partial charge in [-0.2, -0.15) is 5.26 Å². The van der Waals surface area contributed by atoms with Crippen molar-refractivity contribution in [3.8, 4) is 17.6 Å². The molecule has 1 atom stereocenters. The number of nitriles is 1. The fourth-order valence-electron chi connectivity index (χ4n) is 1.86. The number of ether oxygens (including phenoxy) is 1. The Kier molecular flexibility index (Phi) is 3.97. The summed E-state index contributed by atoms with van der Waals surface area (Å²) in [6.07, 6.45) is 0. The quantitative estimate of drug-likeness (QED) is 0.929. The minimum absolute atomic E-state index is 0.0278. The number of hydrogen-bond donors (Lipinski definition) is 1. The van der Waals surface area contributed by atoms with Gasteiger partial charge in [0.05, 0.1) is 0 Å². The van der Waals surface area contributed by atoms with E-state index in [1.807, 2.05) is 0 Å². The summed E-state index contributed by atoms with van der Waals surface area (Å²) >= 11 is 0. The third kappa shape index (κ3) is 2.60. The lowest BCUT2D eigenvalue weighted by molar-refractivity contribution is 0.455. The first kappa shape index (κ1) is 14.0. The summed E-state index contributed by atoms with van der Waals surface area (Å²) in [4.78, 5) is 0. The smallest absolute Gasteiger partial charge is 0.148 e. The highest BCUT2D eigenvalue weighted by atomic mass is 19.1. The molecule has 0 heterocycles. The maximum absolute atomic E-state index is 13.8. The molecule has 0 saturated heterocycles. The number of nitrogens with two attached hydrogens (primary N) is 1. The van der Waals surface area contributed by atoms with E-state index >= 15 is 0 Å². The van der Waals surface area contributed by atoms with Gasteiger partial charge >= 0.3 is 0 Å². The minimum atomic E-state index is -0.691. The number of benzene rings is 2. The zero-order valence-electron chi connectivity index (χ0n) is 10.7. The Morgan fingerprint density at radius 2 is 1.70 bits per heavy atom. The molecular formula is C15H12F2N2O. The van der Waals surface area contributed by atoms with Crippen LogP contribution < -0.4 is 10.5 Å². The van der Waals surface area contributed by atoms with Gasteiger partial charge in [-0.05, 0) is 31.2 Å². The van der Waals surface area contributed by atoms with Gasteiger partial charge in [-0.3, -0.25) is 0 Å². The number of rotatable bonds is 3. The second-order valence-electron chi connectivity index (χ2n) is 4.27. The molecule has 0 spiro atoms. The van der Waals surface area contributed by atoms with Gasteiger partial charge in [0, 0.05) is 11.6 Å². The lowest BCUT2D eigenvalue weighted by Crippen LogP contribution is -2.09. The van der Waals surface area contributed by atoms with Crippen LogP contribution in [0.1, 0.15) is 24.1 Å². The van der Waals surface area contributed by atoms with Crippen LogP contribution in [0, 0.1) is 23.0 Å². The molecule has 0 fully saturated rings. The predicted octanol–water partition coefficient (Wildman–Crippen LogP) is 3.65. The molecule has 0 radical (unpaired) electrons. The standard InChI is InChI=1S/C15H12F2N2O/c1-9(19)15-12(17)5-3-7-14(15)20-13-6-2-4-11(16)10(13)8-18/h2-7,9H,19H2,1H3. The monoisotopic (exact) mass is 274 g/mol. The van der Waals surface area contributed by atoms with Crippen molar-refractivity contribution in [2.45, 2.75) is 13.0 Å². The fraction of sp³-hybridized carbons (Fsp3) is 0.133. The summed E-state index contributed by atoms with van der Waals surface area (Å²) in [7, 11) is 0. The van der Waals surface area contributed by atoms with Gasteiger partial charge in [-0.1, -0.05) is 12.1 Å². The van der Waals surface area contributed by atoms with E-state index < -0.39 is 17.7 Å². The molecule has 2 N–H and O–H groups in total. The van der Waals surface area contributed by atoms with Crippen LogP contribution in [-0.4, -0.2) is 0 Å². The first-order valence-electron chi connectivity index (χ1n) is 5.95. The highest BCUT2D eigenvalue weighted by Crippen LogP contribution is 2.32. The lowest BCUT2D eigenvalue weighted by atomic mass is 10.1. The molecule has 0 aromatic heterocycles. The summed E-state index contributed by atoms with van der Waals surface area (Å²) in [5.74, 6) is -1.00. The molecule has 2 rings (SSSR count). The molecule has 5 heteroatoms. The molecule has 20 heavy (non-hydrogen) atoms. The van der Waals surface area contributed by atoms with Gasteiger partial charge < -0.3 is 10.5 Å². The normalized spacial score (nSPS) is 11.8. The Bertz CT molecular complexity index is 678. The van der Waals surface area contributed by atoms with Crippen molar-refractivity contribution in [1.29, 1.82) is 5.26 Å². The summed E-state index contributed by atoms with van der Waals surface area (Å²) in [5.41, 5.74) is 5.66. The van der Waals surface area contributed by atoms with Crippen LogP contribution in [0.25, 0.3) is 0 Å². The molecule has 0 aliphatic rings. The number of halogens is 2. The highest BCUT2D eigenvalue weighted by molar-refractivity contribution is 5.48. The fourth-order valence-corrected chi connectivity index (χ4v) is 1.86. The maximum atomic E-state index is 13.8. The Hall–Kier alpha value is -2.45. The van der Waals surface area contributed by atoms with Gasteiger partial charge in [0.15, 0.2) is 0 Å². The second kappa shape index (κ2) is 5.68. The van der Waals surface area contributed by atoms with E-state index in [4.69, 9.17) is 15.7 Å². The zero-order valence-corrected chi connectivity index (χ0v) is 10.7. The number of nitrogens with zero attached hydrogens (tertiary/aromatic N) is 1. The van der Waals surface area contributed by atoms with Gasteiger partial charge in [0.2, 0.25) is 0 Å². The molecular weight excluding hydrogens is 262 g/mol. The summed E-state index contributed by atoms with van der Waals surface area (Å²) in [6.45, 7) is 1.61. The first-order valence-corrected chi connectivity index (χ1v) is 5.95. The van der Waals surface area contributed by atoms with E-state index in [1.54, 1.807) is 13.0 Å². The van der Waals surface area contributed by atoms with Crippen LogP contribution in [0.4, 0.5) is 8.78 Å². The minimum Gasteiger partial charge on any atom is -0.455 e. The zero-order chi connectivity index (χ0) is 14.7. The summed E-state index contributed by atoms with van der Waals surface area (Å²) in [5, 5.41) is 8.94. The second-order valence-corrected chi connectivity index (χ2v) is 4.27. The number of hydrogen-bond acceptors (Lipinski definition) is 3. The molecule has 0 aliphatic heterocycles. The van der Waals surface area contributed by atoms with Gasteiger partial charge in [-0.25, -0.2) is 8.78 Å². The maximum Gasteiger partial charge on any atom is 0.148 e. The predicted molar refractivity (Wildman–Crippen MR) is 70.2 cm³/mol. The summed E-state index contributed by atoms with van der Waals surface area (Å²) < 4.78 is 32.7. The van der Waals surface area contributed by atoms with Gasteiger partial charge in [0.1, 0.15) is 34.8 Å². The van der Waals surface area contributed by atoms with Crippen LogP contribution in [0.3, 0.4) is 0 Å². The first-order chi connectivity index (χ1) is 9.54. The van der Waals surface area contributed by atoms with Crippen LogP contribution in [0.2, 0.25) is 0 Å². The van der Waals surface area contributed by atoms with Crippen LogP contribution in [0.15, 0.2) is 36.4 Å². The van der Waals surface area contributed by atoms with Crippen LogP contribution in [-0.2, 0) is 0 Å². The Morgan fingerprint density at radius 3 is 2.30 bits per heavy atom. The summed E-state index contributed by atoms with van der Waals surface area (Å²) in [6, 6.07) is 9.39. The third-order valence-electron chi connectivity index (χ3n) is 2.78. The van der Waals surface area contributed by atoms with Crippen molar-refractivity contribution < 1.29 is 13.5 Å². The van der Waals surface area contributed by atoms with Crippen molar-refractivity contribution in [2.75, 3.05) is 0 Å². The van der Waals surface area contributed by atoms with E-state index in [0.717, 1.165) is 6.07 Å². The van der Waals surface area contributed by atoms with Crippen LogP contribution in [0.5, 0.6) is 11.5 Å². The lowest BCUT2D eigenvalue weighted by Gasteiger charge is -2.15. The van der Waals surface area contributed by atoms with E-state index in [2.05, 4.69) is 0 Å². The van der Waals surface area contributed by atoms with Crippen molar-refractivity contribution >= 4 is 0 Å². The molecule has 0 aliphatic carbocycles. The van der Waals surface area contributed by atoms with E-state index in [0.29, 0.717) is 0 Å². The molecule has 2 aromatic rings. The topological polar surface area (TPSA) is 59.0 Å². The van der Waals surface area contributed by atoms with E-state index in [-0.39, 0.29) is 22.6 Å². The van der Waals surface area contributed by atoms with Crippen LogP contribution >= 0.6 is 0 Å². The van der Waals surface area contributed by atoms with Gasteiger partial charge in [-0.15, -0.1) is 0 Å². The molecule has 0 saturated carbocycles. The van der Waals surface area contributed by atoms with Crippen molar-refractivity contribution in [1.82, 2.24) is 0 Å². The Balaban J connectivity index is 2.49. The molecule has 3 nitrogen and oxygen atoms in total. The average Bonchev–Trinajstić information content (AvgIpc) is 2.38. The van der Waals surface area contributed by atoms with Crippen molar-refractivity contribution in [3.63, 3.8) is 0 Å². The molecule has 102 valence electrons. The highest BCUT2D eigenvalue weighted by Gasteiger charge is 2.16. The van der Waals surface area contributed by atoms with Crippen molar-refractivity contribution in [3.05, 3.63) is 59.2 Å². The van der Waals surface area contributed by atoms with E-state index in [9.17, 15) is 8.78 Å². The average molecular weight is 274 g/mol. The molecule has 0 amide bonds. The third-order valence-corrected chi connectivity index (χ3v) is 2.78. The molecule has 0 bridgehead atoms. The Labute approximate surface area is 115 Å². The SMILES string of the molecule is CC(N)c1c(F)cccc1Oc1cccc(F)c1C#N. The largest absolute Gasteiger partial charge is 0.455 e. The van der Waals surface area contributed by atoms with Crippen molar-refractivity contribution in [2.24, 2.45) is 5.73 Å². The van der Waals surface area contributed by atoms with E-state index in [1.165, 1.54) is 30.3 Å². The molecule has 1 unspecified atom stereocenters. The Morgan fingerprint density at radius 1 is 1.10 bits per heavy atom.